The Labute approximate surface area is 169 Å². The first-order valence-corrected chi connectivity index (χ1v) is 10.6. The summed E-state index contributed by atoms with van der Waals surface area (Å²) < 4.78 is 18.7. The highest BCUT2D eigenvalue weighted by Gasteiger charge is 2.22. The van der Waals surface area contributed by atoms with Gasteiger partial charge in [0.05, 0.1) is 26.2 Å². The van der Waals surface area contributed by atoms with Gasteiger partial charge in [0.2, 0.25) is 0 Å². The van der Waals surface area contributed by atoms with Gasteiger partial charge in [-0.05, 0) is 73.2 Å². The number of anilines is 1. The fraction of sp³-hybridized carbons (Fsp3) is 0.375. The SMILES string of the molecule is O=c1cc(C[NH+]2CCN(c3ccc(F)cc3)CC2)c2cc3c(cc2o1)CCCC3. The minimum atomic E-state index is -0.257. The first kappa shape index (κ1) is 18.4. The summed E-state index contributed by atoms with van der Waals surface area (Å²) in [6.45, 7) is 4.66. The predicted octanol–water partition coefficient (Wildman–Crippen LogP) is 2.72. The molecule has 1 saturated heterocycles. The summed E-state index contributed by atoms with van der Waals surface area (Å²) in [7, 11) is 0. The molecule has 1 aliphatic carbocycles. The van der Waals surface area contributed by atoms with Crippen LogP contribution in [0.3, 0.4) is 0 Å². The maximum absolute atomic E-state index is 13.2. The number of hydrogen-bond acceptors (Lipinski definition) is 3. The minimum Gasteiger partial charge on any atom is -0.423 e. The number of quaternary nitrogens is 1. The summed E-state index contributed by atoms with van der Waals surface area (Å²) in [6.07, 6.45) is 4.65. The smallest absolute Gasteiger partial charge is 0.336 e. The van der Waals surface area contributed by atoms with Gasteiger partial charge >= 0.3 is 5.63 Å². The average molecular weight is 393 g/mol. The summed E-state index contributed by atoms with van der Waals surface area (Å²) in [5.41, 5.74) is 5.39. The van der Waals surface area contributed by atoms with E-state index in [1.807, 2.05) is 12.1 Å². The Morgan fingerprint density at radius 2 is 1.66 bits per heavy atom. The quantitative estimate of drug-likeness (QED) is 0.696. The molecule has 0 bridgehead atoms. The van der Waals surface area contributed by atoms with Crippen LogP contribution in [0.2, 0.25) is 0 Å². The van der Waals surface area contributed by atoms with Gasteiger partial charge < -0.3 is 14.2 Å². The lowest BCUT2D eigenvalue weighted by atomic mass is 9.90. The van der Waals surface area contributed by atoms with Gasteiger partial charge in [0.15, 0.2) is 0 Å². The maximum atomic E-state index is 13.2. The predicted molar refractivity (Wildman–Crippen MR) is 112 cm³/mol. The third kappa shape index (κ3) is 3.79. The summed E-state index contributed by atoms with van der Waals surface area (Å²) >= 11 is 0. The summed E-state index contributed by atoms with van der Waals surface area (Å²) in [4.78, 5) is 15.9. The molecule has 0 radical (unpaired) electrons. The van der Waals surface area contributed by atoms with E-state index in [1.54, 1.807) is 6.07 Å². The molecular formula is C24H26FN2O2+. The van der Waals surface area contributed by atoms with Crippen molar-refractivity contribution in [2.24, 2.45) is 0 Å². The molecule has 0 unspecified atom stereocenters. The van der Waals surface area contributed by atoms with E-state index in [-0.39, 0.29) is 11.4 Å². The molecule has 2 aromatic carbocycles. The van der Waals surface area contributed by atoms with Crippen LogP contribution in [0.25, 0.3) is 11.0 Å². The Morgan fingerprint density at radius 1 is 0.966 bits per heavy atom. The Kier molecular flexibility index (Phi) is 4.84. The van der Waals surface area contributed by atoms with Gasteiger partial charge in [-0.2, -0.15) is 0 Å². The number of aryl methyl sites for hydroxylation is 2. The zero-order chi connectivity index (χ0) is 19.8. The molecule has 5 heteroatoms. The van der Waals surface area contributed by atoms with Crippen molar-refractivity contribution in [2.45, 2.75) is 32.2 Å². The van der Waals surface area contributed by atoms with Gasteiger partial charge in [0, 0.05) is 22.7 Å². The number of fused-ring (bicyclic) bond motifs is 2. The van der Waals surface area contributed by atoms with E-state index < -0.39 is 0 Å². The number of halogens is 1. The van der Waals surface area contributed by atoms with Crippen molar-refractivity contribution in [2.75, 3.05) is 31.1 Å². The fourth-order valence-electron chi connectivity index (χ4n) is 4.78. The topological polar surface area (TPSA) is 37.9 Å². The Morgan fingerprint density at radius 3 is 2.38 bits per heavy atom. The highest BCUT2D eigenvalue weighted by atomic mass is 19.1. The molecule has 2 heterocycles. The summed E-state index contributed by atoms with van der Waals surface area (Å²) in [5, 5.41) is 1.10. The molecule has 5 rings (SSSR count). The molecule has 1 aliphatic heterocycles. The molecule has 2 aliphatic rings. The van der Waals surface area contributed by atoms with Crippen molar-refractivity contribution >= 4 is 16.7 Å². The molecule has 1 fully saturated rings. The molecule has 4 nitrogen and oxygen atoms in total. The van der Waals surface area contributed by atoms with Gasteiger partial charge in [-0.3, -0.25) is 0 Å². The Bertz CT molecular complexity index is 1080. The van der Waals surface area contributed by atoms with Gasteiger partial charge in [-0.1, -0.05) is 0 Å². The molecule has 3 aromatic rings. The van der Waals surface area contributed by atoms with Crippen molar-refractivity contribution in [3.8, 4) is 0 Å². The lowest BCUT2D eigenvalue weighted by Gasteiger charge is -2.33. The van der Waals surface area contributed by atoms with Crippen molar-refractivity contribution < 1.29 is 13.7 Å². The second kappa shape index (κ2) is 7.64. The first-order chi connectivity index (χ1) is 14.2. The van der Waals surface area contributed by atoms with E-state index >= 15 is 0 Å². The number of benzene rings is 2. The highest BCUT2D eigenvalue weighted by molar-refractivity contribution is 5.82. The van der Waals surface area contributed by atoms with Crippen LogP contribution in [0.15, 0.2) is 51.7 Å². The number of nitrogens with zero attached hydrogens (tertiary/aromatic N) is 1. The van der Waals surface area contributed by atoms with Crippen LogP contribution in [-0.4, -0.2) is 26.2 Å². The van der Waals surface area contributed by atoms with E-state index in [9.17, 15) is 9.18 Å². The zero-order valence-corrected chi connectivity index (χ0v) is 16.5. The van der Waals surface area contributed by atoms with Crippen LogP contribution in [0.4, 0.5) is 10.1 Å². The number of rotatable bonds is 3. The van der Waals surface area contributed by atoms with Crippen LogP contribution < -0.4 is 15.4 Å². The largest absolute Gasteiger partial charge is 0.423 e. The zero-order valence-electron chi connectivity index (χ0n) is 16.5. The van der Waals surface area contributed by atoms with E-state index in [4.69, 9.17) is 4.42 Å². The molecule has 1 N–H and O–H groups in total. The van der Waals surface area contributed by atoms with Crippen molar-refractivity contribution in [3.63, 3.8) is 0 Å². The number of hydrogen-bond donors (Lipinski definition) is 1. The molecule has 150 valence electrons. The van der Waals surface area contributed by atoms with Gasteiger partial charge in [-0.15, -0.1) is 0 Å². The van der Waals surface area contributed by atoms with E-state index in [2.05, 4.69) is 17.0 Å². The monoisotopic (exact) mass is 393 g/mol. The van der Waals surface area contributed by atoms with Crippen LogP contribution in [0.5, 0.6) is 0 Å². The second-order valence-electron chi connectivity index (χ2n) is 8.31. The lowest BCUT2D eigenvalue weighted by Crippen LogP contribution is -3.13. The molecule has 0 amide bonds. The van der Waals surface area contributed by atoms with Crippen molar-refractivity contribution in [3.05, 3.63) is 75.4 Å². The van der Waals surface area contributed by atoms with Crippen molar-refractivity contribution in [1.82, 2.24) is 0 Å². The van der Waals surface area contributed by atoms with Crippen LogP contribution in [0, 0.1) is 5.82 Å². The van der Waals surface area contributed by atoms with Crippen LogP contribution >= 0.6 is 0 Å². The Hall–Kier alpha value is -2.66. The van der Waals surface area contributed by atoms with Gasteiger partial charge in [0.1, 0.15) is 17.9 Å². The fourth-order valence-corrected chi connectivity index (χ4v) is 4.78. The van der Waals surface area contributed by atoms with Gasteiger partial charge in [0.25, 0.3) is 0 Å². The molecule has 0 spiro atoms. The third-order valence-corrected chi connectivity index (χ3v) is 6.40. The molecule has 0 saturated carbocycles. The van der Waals surface area contributed by atoms with Crippen LogP contribution in [-0.2, 0) is 19.4 Å². The maximum Gasteiger partial charge on any atom is 0.336 e. The highest BCUT2D eigenvalue weighted by Crippen LogP contribution is 2.27. The first-order valence-electron chi connectivity index (χ1n) is 10.6. The normalized spacial score (nSPS) is 17.5. The average Bonchev–Trinajstić information content (AvgIpc) is 2.74. The molecule has 29 heavy (non-hydrogen) atoms. The number of piperazine rings is 1. The molecular weight excluding hydrogens is 367 g/mol. The van der Waals surface area contributed by atoms with Gasteiger partial charge in [-0.25, -0.2) is 9.18 Å². The molecule has 1 aromatic heterocycles. The minimum absolute atomic E-state index is 0.199. The summed E-state index contributed by atoms with van der Waals surface area (Å²) in [6, 6.07) is 12.8. The standard InChI is InChI=1S/C24H25FN2O2/c25-20-5-7-21(8-6-20)27-11-9-26(10-12-27)16-19-15-24(28)29-23-14-18-4-2-1-3-17(18)13-22(19)23/h5-8,13-15H,1-4,9-12,16H2/p+1. The van der Waals surface area contributed by atoms with Crippen molar-refractivity contribution in [1.29, 1.82) is 0 Å². The van der Waals surface area contributed by atoms with Crippen LogP contribution in [0.1, 0.15) is 29.5 Å². The number of nitrogens with one attached hydrogen (secondary N) is 1. The van der Waals surface area contributed by atoms with E-state index in [0.717, 1.165) is 67.8 Å². The summed E-state index contributed by atoms with van der Waals surface area (Å²) in [5.74, 6) is -0.199. The van der Waals surface area contributed by atoms with E-state index in [0.29, 0.717) is 0 Å². The second-order valence-corrected chi connectivity index (χ2v) is 8.31. The third-order valence-electron chi connectivity index (χ3n) is 6.40. The molecule has 0 atom stereocenters. The van der Waals surface area contributed by atoms with E-state index in [1.165, 1.54) is 41.0 Å². The lowest BCUT2D eigenvalue weighted by molar-refractivity contribution is -0.914. The Balaban J connectivity index is 1.35.